The lowest BCUT2D eigenvalue weighted by Crippen LogP contribution is -2.43. The van der Waals surface area contributed by atoms with Crippen molar-refractivity contribution in [2.75, 3.05) is 11.9 Å². The Hall–Kier alpha value is -1.93. The number of fused-ring (bicyclic) bond motifs is 1. The Morgan fingerprint density at radius 1 is 1.35 bits per heavy atom. The number of carbonyl (C=O) groups excluding carboxylic acids is 1. The molecule has 2 aromatic heterocycles. The second-order valence-electron chi connectivity index (χ2n) is 6.49. The van der Waals surface area contributed by atoms with Crippen molar-refractivity contribution >= 4 is 22.4 Å². The topological polar surface area (TPSA) is 89.3 Å². The molecule has 124 valence electrons. The fraction of sp³-hybridized carbons (Fsp3) is 0.533. The lowest BCUT2D eigenvalue weighted by Gasteiger charge is -2.20. The van der Waals surface area contributed by atoms with Gasteiger partial charge in [0.2, 0.25) is 0 Å². The van der Waals surface area contributed by atoms with Crippen LogP contribution >= 0.6 is 11.3 Å². The lowest BCUT2D eigenvalue weighted by molar-refractivity contribution is 0.113. The third-order valence-corrected chi connectivity index (χ3v) is 4.40. The van der Waals surface area contributed by atoms with Gasteiger partial charge in [0.15, 0.2) is 5.82 Å². The number of anilines is 1. The maximum Gasteiger partial charge on any atom is 0.320 e. The summed E-state index contributed by atoms with van der Waals surface area (Å²) in [5, 5.41) is 10.4. The van der Waals surface area contributed by atoms with E-state index in [1.54, 1.807) is 6.92 Å². The molecular formula is C15H20N4O3S. The van der Waals surface area contributed by atoms with Gasteiger partial charge >= 0.3 is 6.03 Å². The van der Waals surface area contributed by atoms with Crippen LogP contribution in [0.1, 0.15) is 37.0 Å². The monoisotopic (exact) mass is 336 g/mol. The van der Waals surface area contributed by atoms with Crippen molar-refractivity contribution in [2.24, 2.45) is 0 Å². The Bertz CT molecular complexity index is 730. The molecule has 0 saturated carbocycles. The lowest BCUT2D eigenvalue weighted by atomic mass is 10.1. The van der Waals surface area contributed by atoms with Crippen LogP contribution in [0.2, 0.25) is 0 Å². The SMILES string of the molecule is Cc1noc(-c2c(NC(=O)NC(C)(C)C)sc3c2CCOC3)n1. The van der Waals surface area contributed by atoms with Crippen molar-refractivity contribution in [3.8, 4) is 11.5 Å². The highest BCUT2D eigenvalue weighted by Crippen LogP contribution is 2.42. The van der Waals surface area contributed by atoms with Gasteiger partial charge in [-0.05, 0) is 39.7 Å². The summed E-state index contributed by atoms with van der Waals surface area (Å²) in [6.07, 6.45) is 0.769. The predicted molar refractivity (Wildman–Crippen MR) is 87.6 cm³/mol. The van der Waals surface area contributed by atoms with Gasteiger partial charge in [-0.3, -0.25) is 5.32 Å². The minimum Gasteiger partial charge on any atom is -0.376 e. The minimum absolute atomic E-state index is 0.255. The van der Waals surface area contributed by atoms with Gasteiger partial charge in [-0.15, -0.1) is 11.3 Å². The molecular weight excluding hydrogens is 316 g/mol. The van der Waals surface area contributed by atoms with Crippen LogP contribution in [0.5, 0.6) is 0 Å². The van der Waals surface area contributed by atoms with Gasteiger partial charge in [-0.2, -0.15) is 4.98 Å². The first-order valence-electron chi connectivity index (χ1n) is 7.45. The van der Waals surface area contributed by atoms with Gasteiger partial charge < -0.3 is 14.6 Å². The number of aryl methyl sites for hydroxylation is 1. The van der Waals surface area contributed by atoms with Gasteiger partial charge in [0.05, 0.1) is 18.8 Å². The number of nitrogens with one attached hydrogen (secondary N) is 2. The van der Waals surface area contributed by atoms with E-state index >= 15 is 0 Å². The van der Waals surface area contributed by atoms with E-state index in [2.05, 4.69) is 20.8 Å². The molecule has 0 bridgehead atoms. The molecule has 0 saturated heterocycles. The molecule has 7 nitrogen and oxygen atoms in total. The first-order chi connectivity index (χ1) is 10.8. The highest BCUT2D eigenvalue weighted by molar-refractivity contribution is 7.17. The molecule has 2 amide bonds. The standard InChI is InChI=1S/C15H20N4O3S/c1-8-16-12(22-19-8)11-9-5-6-21-7-10(9)23-13(11)17-14(20)18-15(2,3)4/h5-7H2,1-4H3,(H2,17,18,20). The zero-order valence-electron chi connectivity index (χ0n) is 13.6. The van der Waals surface area contributed by atoms with Gasteiger partial charge in [0, 0.05) is 10.4 Å². The van der Waals surface area contributed by atoms with Crippen LogP contribution < -0.4 is 10.6 Å². The second-order valence-corrected chi connectivity index (χ2v) is 7.59. The number of hydrogen-bond acceptors (Lipinski definition) is 6. The van der Waals surface area contributed by atoms with Crippen LogP contribution in [0.4, 0.5) is 9.80 Å². The molecule has 0 spiro atoms. The van der Waals surface area contributed by atoms with Gasteiger partial charge in [-0.1, -0.05) is 5.16 Å². The molecule has 0 aromatic carbocycles. The second kappa shape index (κ2) is 5.93. The average molecular weight is 336 g/mol. The van der Waals surface area contributed by atoms with Crippen LogP contribution in [0.15, 0.2) is 4.52 Å². The maximum atomic E-state index is 12.2. The fourth-order valence-electron chi connectivity index (χ4n) is 2.42. The largest absolute Gasteiger partial charge is 0.376 e. The number of amides is 2. The van der Waals surface area contributed by atoms with E-state index in [9.17, 15) is 4.79 Å². The van der Waals surface area contributed by atoms with E-state index < -0.39 is 0 Å². The normalized spacial score (nSPS) is 14.4. The van der Waals surface area contributed by atoms with E-state index in [1.165, 1.54) is 11.3 Å². The van der Waals surface area contributed by atoms with Crippen LogP contribution in [-0.2, 0) is 17.8 Å². The number of aromatic nitrogens is 2. The Kier molecular flexibility index (Phi) is 4.11. The number of rotatable bonds is 2. The molecule has 3 heterocycles. The summed E-state index contributed by atoms with van der Waals surface area (Å²) in [6.45, 7) is 8.76. The van der Waals surface area contributed by atoms with Crippen molar-refractivity contribution in [2.45, 2.75) is 46.3 Å². The van der Waals surface area contributed by atoms with Crippen LogP contribution in [0, 0.1) is 6.92 Å². The zero-order valence-corrected chi connectivity index (χ0v) is 14.5. The van der Waals surface area contributed by atoms with E-state index in [0.29, 0.717) is 29.9 Å². The number of thiophene rings is 1. The maximum absolute atomic E-state index is 12.2. The summed E-state index contributed by atoms with van der Waals surface area (Å²) in [5.74, 6) is 1.00. The quantitative estimate of drug-likeness (QED) is 0.879. The number of carbonyl (C=O) groups is 1. The molecule has 0 radical (unpaired) electrons. The van der Waals surface area contributed by atoms with E-state index in [4.69, 9.17) is 9.26 Å². The van der Waals surface area contributed by atoms with Crippen molar-refractivity contribution in [1.29, 1.82) is 0 Å². The molecule has 0 fully saturated rings. The summed E-state index contributed by atoms with van der Waals surface area (Å²) in [7, 11) is 0. The van der Waals surface area contributed by atoms with E-state index in [-0.39, 0.29) is 11.6 Å². The van der Waals surface area contributed by atoms with Crippen LogP contribution in [0.25, 0.3) is 11.5 Å². The third kappa shape index (κ3) is 3.53. The first kappa shape index (κ1) is 15.9. The highest BCUT2D eigenvalue weighted by Gasteiger charge is 2.27. The first-order valence-corrected chi connectivity index (χ1v) is 8.27. The van der Waals surface area contributed by atoms with Crippen molar-refractivity contribution in [3.05, 3.63) is 16.3 Å². The summed E-state index contributed by atoms with van der Waals surface area (Å²) in [4.78, 5) is 17.6. The Balaban J connectivity index is 1.96. The molecule has 8 heteroatoms. The predicted octanol–water partition coefficient (Wildman–Crippen LogP) is 3.10. The zero-order chi connectivity index (χ0) is 16.6. The fourth-order valence-corrected chi connectivity index (χ4v) is 3.59. The average Bonchev–Trinajstić information content (AvgIpc) is 2.99. The molecule has 3 rings (SSSR count). The van der Waals surface area contributed by atoms with Gasteiger partial charge in [-0.25, -0.2) is 4.79 Å². The molecule has 2 aromatic rings. The summed E-state index contributed by atoms with van der Waals surface area (Å²) >= 11 is 1.50. The van der Waals surface area contributed by atoms with Gasteiger partial charge in [0.25, 0.3) is 5.89 Å². The summed E-state index contributed by atoms with van der Waals surface area (Å²) < 4.78 is 10.8. The Labute approximate surface area is 138 Å². The van der Waals surface area contributed by atoms with Crippen LogP contribution in [-0.4, -0.2) is 28.3 Å². The molecule has 0 atom stereocenters. The highest BCUT2D eigenvalue weighted by atomic mass is 32.1. The van der Waals surface area contributed by atoms with Gasteiger partial charge in [0.1, 0.15) is 5.00 Å². The molecule has 1 aliphatic rings. The molecule has 0 aliphatic carbocycles. The molecule has 0 unspecified atom stereocenters. The number of hydrogen-bond donors (Lipinski definition) is 2. The number of ether oxygens (including phenoxy) is 1. The number of nitrogens with zero attached hydrogens (tertiary/aromatic N) is 2. The smallest absolute Gasteiger partial charge is 0.320 e. The van der Waals surface area contributed by atoms with Crippen molar-refractivity contribution < 1.29 is 14.1 Å². The van der Waals surface area contributed by atoms with Crippen molar-refractivity contribution in [1.82, 2.24) is 15.5 Å². The summed E-state index contributed by atoms with van der Waals surface area (Å²) in [5.41, 5.74) is 1.62. The third-order valence-electron chi connectivity index (χ3n) is 3.28. The Morgan fingerprint density at radius 3 is 2.78 bits per heavy atom. The van der Waals surface area contributed by atoms with E-state index in [1.807, 2.05) is 20.8 Å². The molecule has 1 aliphatic heterocycles. The molecule has 2 N–H and O–H groups in total. The van der Waals surface area contributed by atoms with Crippen molar-refractivity contribution in [3.63, 3.8) is 0 Å². The van der Waals surface area contributed by atoms with Crippen LogP contribution in [0.3, 0.4) is 0 Å². The van der Waals surface area contributed by atoms with E-state index in [0.717, 1.165) is 22.4 Å². The molecule has 23 heavy (non-hydrogen) atoms. The number of urea groups is 1. The Morgan fingerprint density at radius 2 is 2.13 bits per heavy atom. The summed E-state index contributed by atoms with van der Waals surface area (Å²) in [6, 6.07) is -0.255. The minimum atomic E-state index is -0.314.